The number of carboxylic acid groups (broad SMARTS) is 1. The fraction of sp³-hybridized carbons (Fsp3) is 0.881. The van der Waals surface area contributed by atoms with E-state index >= 15 is 0 Å². The van der Waals surface area contributed by atoms with Gasteiger partial charge in [-0.1, -0.05) is 60.5 Å². The number of hydrogen-bond donors (Lipinski definition) is 1. The number of carbonyl (C=O) groups is 3. The van der Waals surface area contributed by atoms with Crippen LogP contribution in [0.4, 0.5) is 0 Å². The van der Waals surface area contributed by atoms with Crippen LogP contribution in [0.5, 0.6) is 0 Å². The van der Waals surface area contributed by atoms with Gasteiger partial charge in [0.05, 0.1) is 11.8 Å². The molecule has 0 bridgehead atoms. The first-order valence-corrected chi connectivity index (χ1v) is 19.8. The molecule has 4 saturated carbocycles. The number of likely N-dealkylation sites (tertiary alicyclic amines) is 1. The van der Waals surface area contributed by atoms with Crippen molar-refractivity contribution in [3.05, 3.63) is 11.1 Å². The molecule has 0 unspecified atom stereocenters. The number of carboxylic acids is 1. The summed E-state index contributed by atoms with van der Waals surface area (Å²) < 4.78 is 6.18. The number of allylic oxidation sites excluding steroid dienone is 2. The van der Waals surface area contributed by atoms with Gasteiger partial charge >= 0.3 is 11.9 Å². The SMILES string of the molecule is CC(C)C1=C2[C@H]3CC[C@@H]4[C@@]5(C)CC[C@H](OC(=O)CC(C)(C)C(=O)O)C(C)(C)[C@@H]5CC[C@@]4(C)[C@]3(C)CC[C@@]2(CCN2CCCCC2)CC1=O. The van der Waals surface area contributed by atoms with Crippen molar-refractivity contribution >= 4 is 17.7 Å². The van der Waals surface area contributed by atoms with Gasteiger partial charge in [-0.3, -0.25) is 14.4 Å². The quantitative estimate of drug-likeness (QED) is 0.260. The van der Waals surface area contributed by atoms with Crippen LogP contribution < -0.4 is 0 Å². The summed E-state index contributed by atoms with van der Waals surface area (Å²) in [5.41, 5.74) is 2.06. The van der Waals surface area contributed by atoms with Gasteiger partial charge in [-0.25, -0.2) is 0 Å². The minimum Gasteiger partial charge on any atom is -0.481 e. The molecule has 0 amide bonds. The number of rotatable bonds is 8. The summed E-state index contributed by atoms with van der Waals surface area (Å²) in [7, 11) is 0. The number of hydrogen-bond acceptors (Lipinski definition) is 5. The fourth-order valence-corrected chi connectivity index (χ4v) is 13.4. The Morgan fingerprint density at radius 2 is 1.58 bits per heavy atom. The van der Waals surface area contributed by atoms with Crippen molar-refractivity contribution < 1.29 is 24.2 Å². The van der Waals surface area contributed by atoms with Crippen molar-refractivity contribution in [1.82, 2.24) is 4.90 Å². The summed E-state index contributed by atoms with van der Waals surface area (Å²) in [6.45, 7) is 23.8. The van der Waals surface area contributed by atoms with E-state index in [2.05, 4.69) is 53.4 Å². The molecule has 1 heterocycles. The number of ether oxygens (including phenoxy) is 1. The lowest BCUT2D eigenvalue weighted by Crippen LogP contribution is -2.65. The van der Waals surface area contributed by atoms with E-state index in [1.165, 1.54) is 63.6 Å². The van der Waals surface area contributed by atoms with Crippen molar-refractivity contribution in [1.29, 1.82) is 0 Å². The molecular weight excluding hydrogens is 598 g/mol. The number of ketones is 1. The molecular formula is C42H67NO5. The van der Waals surface area contributed by atoms with Crippen LogP contribution in [0.1, 0.15) is 152 Å². The standard InChI is InChI=1S/C42H67NO5/c1-27(2)34-29(44)25-42(21-24-43-22-11-10-12-23-43)20-19-40(8)28(35(34)42)13-14-31-39(7)17-16-32(48-33(45)26-37(3,4)36(46)47)38(5,6)30(39)15-18-41(31,40)9/h27-28,30-32H,10-26H2,1-9H3,(H,46,47)/t28-,30+,31-,32+,39+,40-,41-,42-/m1/s1. The Morgan fingerprint density at radius 3 is 2.23 bits per heavy atom. The van der Waals surface area contributed by atoms with E-state index in [4.69, 9.17) is 4.74 Å². The molecule has 5 fully saturated rings. The van der Waals surface area contributed by atoms with Gasteiger partial charge in [0.25, 0.3) is 0 Å². The van der Waals surface area contributed by atoms with Gasteiger partial charge in [0.2, 0.25) is 0 Å². The van der Waals surface area contributed by atoms with Gasteiger partial charge in [-0.15, -0.1) is 0 Å². The van der Waals surface area contributed by atoms with E-state index in [0.29, 0.717) is 23.5 Å². The third-order valence-corrected chi connectivity index (χ3v) is 16.3. The molecule has 0 aromatic rings. The molecule has 6 rings (SSSR count). The van der Waals surface area contributed by atoms with Gasteiger partial charge in [0.1, 0.15) is 6.10 Å². The lowest BCUT2D eigenvalue weighted by molar-refractivity contribution is -0.233. The molecule has 0 aromatic carbocycles. The number of Topliss-reactive ketones (excluding diaryl/α,β-unsaturated/α-hetero) is 1. The van der Waals surface area contributed by atoms with Crippen molar-refractivity contribution in [2.45, 2.75) is 158 Å². The number of esters is 1. The summed E-state index contributed by atoms with van der Waals surface area (Å²) >= 11 is 0. The summed E-state index contributed by atoms with van der Waals surface area (Å²) in [5, 5.41) is 9.59. The number of piperidine rings is 1. The Morgan fingerprint density at radius 1 is 0.896 bits per heavy atom. The monoisotopic (exact) mass is 666 g/mol. The van der Waals surface area contributed by atoms with Crippen molar-refractivity contribution in [3.63, 3.8) is 0 Å². The first kappa shape index (κ1) is 36.1. The maximum Gasteiger partial charge on any atom is 0.309 e. The van der Waals surface area contributed by atoms with Crippen molar-refractivity contribution in [2.75, 3.05) is 19.6 Å². The lowest BCUT2D eigenvalue weighted by Gasteiger charge is -2.72. The third kappa shape index (κ3) is 5.47. The van der Waals surface area contributed by atoms with Crippen LogP contribution >= 0.6 is 0 Å². The number of carbonyl (C=O) groups excluding carboxylic acids is 2. The highest BCUT2D eigenvalue weighted by atomic mass is 16.5. The van der Waals surface area contributed by atoms with E-state index in [0.717, 1.165) is 45.1 Å². The Balaban J connectivity index is 1.27. The molecule has 270 valence electrons. The summed E-state index contributed by atoms with van der Waals surface area (Å²) in [6, 6.07) is 0. The van der Waals surface area contributed by atoms with Gasteiger partial charge < -0.3 is 14.7 Å². The van der Waals surface area contributed by atoms with E-state index in [1.54, 1.807) is 19.4 Å². The summed E-state index contributed by atoms with van der Waals surface area (Å²) in [5.74, 6) is 0.897. The molecule has 1 aliphatic heterocycles. The number of fused-ring (bicyclic) bond motifs is 7. The average molecular weight is 666 g/mol. The van der Waals surface area contributed by atoms with Crippen molar-refractivity contribution in [3.8, 4) is 0 Å². The van der Waals surface area contributed by atoms with E-state index in [1.807, 2.05) is 0 Å². The molecule has 1 saturated heterocycles. The summed E-state index contributed by atoms with van der Waals surface area (Å²) in [6.07, 6.45) is 14.5. The van der Waals surface area contributed by atoms with Crippen LogP contribution in [0, 0.1) is 56.2 Å². The van der Waals surface area contributed by atoms with Crippen LogP contribution in [0.25, 0.3) is 0 Å². The predicted molar refractivity (Wildman–Crippen MR) is 190 cm³/mol. The smallest absolute Gasteiger partial charge is 0.309 e. The Labute approximate surface area is 291 Å². The molecule has 6 heteroatoms. The molecule has 0 aromatic heterocycles. The minimum atomic E-state index is -1.13. The summed E-state index contributed by atoms with van der Waals surface area (Å²) in [4.78, 5) is 41.4. The van der Waals surface area contributed by atoms with Crippen LogP contribution in [-0.2, 0) is 19.1 Å². The first-order valence-electron chi connectivity index (χ1n) is 19.8. The topological polar surface area (TPSA) is 83.9 Å². The minimum absolute atomic E-state index is 0.0573. The maximum atomic E-state index is 14.0. The zero-order valence-electron chi connectivity index (χ0n) is 31.9. The maximum absolute atomic E-state index is 14.0. The van der Waals surface area contributed by atoms with Gasteiger partial charge in [-0.2, -0.15) is 0 Å². The Kier molecular flexibility index (Phi) is 9.20. The highest BCUT2D eigenvalue weighted by molar-refractivity contribution is 6.00. The molecule has 8 atom stereocenters. The van der Waals surface area contributed by atoms with Crippen LogP contribution in [0.15, 0.2) is 11.1 Å². The second kappa shape index (κ2) is 12.2. The van der Waals surface area contributed by atoms with Crippen LogP contribution in [-0.4, -0.2) is 53.5 Å². The zero-order valence-corrected chi connectivity index (χ0v) is 31.9. The second-order valence-electron chi connectivity index (χ2n) is 19.8. The molecule has 6 nitrogen and oxygen atoms in total. The zero-order chi connectivity index (χ0) is 35.1. The fourth-order valence-electron chi connectivity index (χ4n) is 13.4. The van der Waals surface area contributed by atoms with Gasteiger partial charge in [-0.05, 0) is 150 Å². The number of aliphatic carboxylic acids is 1. The average Bonchev–Trinajstić information content (AvgIpc) is 3.30. The third-order valence-electron chi connectivity index (χ3n) is 16.3. The molecule has 0 radical (unpaired) electrons. The lowest BCUT2D eigenvalue weighted by atomic mass is 9.33. The first-order chi connectivity index (χ1) is 22.3. The molecule has 5 aliphatic carbocycles. The van der Waals surface area contributed by atoms with Gasteiger partial charge in [0, 0.05) is 17.3 Å². The Hall–Kier alpha value is -1.69. The van der Waals surface area contributed by atoms with E-state index < -0.39 is 11.4 Å². The second-order valence-corrected chi connectivity index (χ2v) is 19.8. The van der Waals surface area contributed by atoms with E-state index in [-0.39, 0.29) is 51.5 Å². The highest BCUT2D eigenvalue weighted by Crippen LogP contribution is 2.77. The molecule has 1 N–H and O–H groups in total. The molecule has 0 spiro atoms. The number of nitrogens with zero attached hydrogens (tertiary/aromatic N) is 1. The largest absolute Gasteiger partial charge is 0.481 e. The molecule has 6 aliphatic rings. The predicted octanol–water partition coefficient (Wildman–Crippen LogP) is 9.26. The normalized spacial score (nSPS) is 41.3. The molecule has 48 heavy (non-hydrogen) atoms. The van der Waals surface area contributed by atoms with Crippen LogP contribution in [0.3, 0.4) is 0 Å². The van der Waals surface area contributed by atoms with Crippen LogP contribution in [0.2, 0.25) is 0 Å². The Bertz CT molecular complexity index is 1340. The highest BCUT2D eigenvalue weighted by Gasteiger charge is 2.70. The van der Waals surface area contributed by atoms with Crippen molar-refractivity contribution in [2.24, 2.45) is 56.2 Å². The van der Waals surface area contributed by atoms with Gasteiger partial charge in [0.15, 0.2) is 5.78 Å². The van der Waals surface area contributed by atoms with E-state index in [9.17, 15) is 19.5 Å².